The van der Waals surface area contributed by atoms with Gasteiger partial charge in [-0.15, -0.1) is 0 Å². The van der Waals surface area contributed by atoms with Crippen molar-refractivity contribution in [3.8, 4) is 0 Å². The first-order chi connectivity index (χ1) is 8.99. The van der Waals surface area contributed by atoms with Crippen molar-refractivity contribution in [2.24, 2.45) is 0 Å². The second kappa shape index (κ2) is 5.94. The molecule has 19 heavy (non-hydrogen) atoms. The highest BCUT2D eigenvalue weighted by molar-refractivity contribution is 7.90. The molecular formula is C12H16F2N2O2S. The van der Waals surface area contributed by atoms with Crippen LogP contribution in [0.5, 0.6) is 0 Å². The van der Waals surface area contributed by atoms with Gasteiger partial charge in [-0.25, -0.2) is 21.9 Å². The van der Waals surface area contributed by atoms with E-state index in [-0.39, 0.29) is 6.54 Å². The Labute approximate surface area is 111 Å². The summed E-state index contributed by atoms with van der Waals surface area (Å²) in [6.07, 6.45) is 1.13. The standard InChI is InChI=1S/C12H16F2N2O2S/c13-11-2-1-9(7-12(11)14)8-16-19(17,18)10-3-5-15-6-4-10/h1-2,7,10,15-16H,3-6,8H2. The quantitative estimate of drug-likeness (QED) is 0.874. The maximum Gasteiger partial charge on any atom is 0.214 e. The van der Waals surface area contributed by atoms with E-state index in [4.69, 9.17) is 0 Å². The second-order valence-electron chi connectivity index (χ2n) is 4.56. The Hall–Kier alpha value is -1.05. The molecule has 1 aromatic carbocycles. The van der Waals surface area contributed by atoms with Crippen LogP contribution < -0.4 is 10.0 Å². The maximum absolute atomic E-state index is 13.0. The normalized spacial score (nSPS) is 17.6. The summed E-state index contributed by atoms with van der Waals surface area (Å²) in [6, 6.07) is 3.35. The SMILES string of the molecule is O=S(=O)(NCc1ccc(F)c(F)c1)C1CCNCC1. The molecule has 0 unspecified atom stereocenters. The van der Waals surface area contributed by atoms with Gasteiger partial charge in [-0.3, -0.25) is 0 Å². The van der Waals surface area contributed by atoms with Gasteiger partial charge in [-0.05, 0) is 43.6 Å². The molecular weight excluding hydrogens is 274 g/mol. The number of hydrogen-bond donors (Lipinski definition) is 2. The van der Waals surface area contributed by atoms with Gasteiger partial charge in [0.1, 0.15) is 0 Å². The highest BCUT2D eigenvalue weighted by Crippen LogP contribution is 2.13. The summed E-state index contributed by atoms with van der Waals surface area (Å²) in [5.74, 6) is -1.91. The van der Waals surface area contributed by atoms with Crippen LogP contribution in [-0.2, 0) is 16.6 Å². The molecule has 1 aliphatic rings. The third kappa shape index (κ3) is 3.71. The van der Waals surface area contributed by atoms with Gasteiger partial charge in [0.25, 0.3) is 0 Å². The second-order valence-corrected chi connectivity index (χ2v) is 6.61. The van der Waals surface area contributed by atoms with Gasteiger partial charge in [-0.1, -0.05) is 6.07 Å². The largest absolute Gasteiger partial charge is 0.317 e. The molecule has 1 aromatic rings. The van der Waals surface area contributed by atoms with Gasteiger partial charge in [0, 0.05) is 6.54 Å². The molecule has 0 bridgehead atoms. The van der Waals surface area contributed by atoms with Crippen molar-refractivity contribution >= 4 is 10.0 Å². The summed E-state index contributed by atoms with van der Waals surface area (Å²) in [6.45, 7) is 1.33. The average Bonchev–Trinajstić information content (AvgIpc) is 2.41. The molecule has 0 radical (unpaired) electrons. The Bertz CT molecular complexity index is 543. The lowest BCUT2D eigenvalue weighted by molar-refractivity contribution is 0.488. The summed E-state index contributed by atoms with van der Waals surface area (Å²) in [7, 11) is -3.41. The first-order valence-electron chi connectivity index (χ1n) is 6.12. The molecule has 1 aliphatic heterocycles. The van der Waals surface area contributed by atoms with E-state index in [1.54, 1.807) is 0 Å². The smallest absolute Gasteiger partial charge is 0.214 e. The summed E-state index contributed by atoms with van der Waals surface area (Å²) < 4.78 is 52.2. The first-order valence-corrected chi connectivity index (χ1v) is 7.67. The van der Waals surface area contributed by atoms with E-state index in [0.29, 0.717) is 31.5 Å². The third-order valence-electron chi connectivity index (χ3n) is 3.19. The zero-order valence-corrected chi connectivity index (χ0v) is 11.1. The van der Waals surface area contributed by atoms with Crippen molar-refractivity contribution in [1.82, 2.24) is 10.0 Å². The van der Waals surface area contributed by atoms with Crippen molar-refractivity contribution in [3.05, 3.63) is 35.4 Å². The highest BCUT2D eigenvalue weighted by atomic mass is 32.2. The van der Waals surface area contributed by atoms with Gasteiger partial charge >= 0.3 is 0 Å². The van der Waals surface area contributed by atoms with Crippen molar-refractivity contribution in [2.45, 2.75) is 24.6 Å². The predicted molar refractivity (Wildman–Crippen MR) is 68.0 cm³/mol. The number of piperidine rings is 1. The van der Waals surface area contributed by atoms with E-state index in [0.717, 1.165) is 12.1 Å². The molecule has 1 fully saturated rings. The fraction of sp³-hybridized carbons (Fsp3) is 0.500. The van der Waals surface area contributed by atoms with Gasteiger partial charge in [0.2, 0.25) is 10.0 Å². The molecule has 1 heterocycles. The summed E-state index contributed by atoms with van der Waals surface area (Å²) >= 11 is 0. The third-order valence-corrected chi connectivity index (χ3v) is 5.08. The zero-order chi connectivity index (χ0) is 13.9. The van der Waals surface area contributed by atoms with Gasteiger partial charge < -0.3 is 5.32 Å². The van der Waals surface area contributed by atoms with E-state index in [9.17, 15) is 17.2 Å². The van der Waals surface area contributed by atoms with Crippen molar-refractivity contribution in [2.75, 3.05) is 13.1 Å². The van der Waals surface area contributed by atoms with E-state index in [1.807, 2.05) is 0 Å². The van der Waals surface area contributed by atoms with Gasteiger partial charge in [-0.2, -0.15) is 0 Å². The van der Waals surface area contributed by atoms with Crippen LogP contribution in [0, 0.1) is 11.6 Å². The lowest BCUT2D eigenvalue weighted by atomic mass is 10.2. The van der Waals surface area contributed by atoms with Crippen LogP contribution in [0.4, 0.5) is 8.78 Å². The fourth-order valence-electron chi connectivity index (χ4n) is 2.06. The fourth-order valence-corrected chi connectivity index (χ4v) is 3.52. The first kappa shape index (κ1) is 14.4. The zero-order valence-electron chi connectivity index (χ0n) is 10.3. The van der Waals surface area contributed by atoms with Gasteiger partial charge in [0.15, 0.2) is 11.6 Å². The van der Waals surface area contributed by atoms with Crippen molar-refractivity contribution in [3.63, 3.8) is 0 Å². The summed E-state index contributed by atoms with van der Waals surface area (Å²) in [5, 5.41) is 2.67. The minimum Gasteiger partial charge on any atom is -0.317 e. The molecule has 0 saturated carbocycles. The van der Waals surface area contributed by atoms with Crippen LogP contribution in [0.1, 0.15) is 18.4 Å². The summed E-state index contributed by atoms with van der Waals surface area (Å²) in [5.41, 5.74) is 0.399. The van der Waals surface area contributed by atoms with Crippen LogP contribution >= 0.6 is 0 Å². The lowest BCUT2D eigenvalue weighted by Gasteiger charge is -2.22. The van der Waals surface area contributed by atoms with Crippen LogP contribution in [-0.4, -0.2) is 26.8 Å². The number of nitrogens with one attached hydrogen (secondary N) is 2. The Morgan fingerprint density at radius 2 is 1.89 bits per heavy atom. The minimum atomic E-state index is -3.41. The molecule has 0 aromatic heterocycles. The van der Waals surface area contributed by atoms with E-state index < -0.39 is 26.9 Å². The molecule has 7 heteroatoms. The van der Waals surface area contributed by atoms with Crippen LogP contribution in [0.25, 0.3) is 0 Å². The van der Waals surface area contributed by atoms with Gasteiger partial charge in [0.05, 0.1) is 5.25 Å². The predicted octanol–water partition coefficient (Wildman–Crippen LogP) is 1.14. The highest BCUT2D eigenvalue weighted by Gasteiger charge is 2.26. The number of sulfonamides is 1. The van der Waals surface area contributed by atoms with E-state index >= 15 is 0 Å². The molecule has 0 atom stereocenters. The number of hydrogen-bond acceptors (Lipinski definition) is 3. The molecule has 106 valence electrons. The molecule has 0 aliphatic carbocycles. The van der Waals surface area contributed by atoms with Crippen molar-refractivity contribution in [1.29, 1.82) is 0 Å². The van der Waals surface area contributed by atoms with Crippen LogP contribution in [0.15, 0.2) is 18.2 Å². The number of rotatable bonds is 4. The minimum absolute atomic E-state index is 0.0243. The van der Waals surface area contributed by atoms with Crippen molar-refractivity contribution < 1.29 is 17.2 Å². The van der Waals surface area contributed by atoms with Crippen LogP contribution in [0.3, 0.4) is 0 Å². The lowest BCUT2D eigenvalue weighted by Crippen LogP contribution is -2.41. The molecule has 0 amide bonds. The molecule has 1 saturated heterocycles. The van der Waals surface area contributed by atoms with E-state index in [1.165, 1.54) is 6.07 Å². The average molecular weight is 290 g/mol. The number of benzene rings is 1. The van der Waals surface area contributed by atoms with E-state index in [2.05, 4.69) is 10.0 Å². The monoisotopic (exact) mass is 290 g/mol. The molecule has 4 nitrogen and oxygen atoms in total. The molecule has 2 N–H and O–H groups in total. The molecule has 0 spiro atoms. The summed E-state index contributed by atoms with van der Waals surface area (Å²) in [4.78, 5) is 0. The maximum atomic E-state index is 13.0. The Morgan fingerprint density at radius 3 is 2.53 bits per heavy atom. The Balaban J connectivity index is 1.98. The molecule has 2 rings (SSSR count). The number of halogens is 2. The van der Waals surface area contributed by atoms with Crippen LogP contribution in [0.2, 0.25) is 0 Å². The Morgan fingerprint density at radius 1 is 1.21 bits per heavy atom. The topological polar surface area (TPSA) is 58.2 Å². The Kier molecular flexibility index (Phi) is 4.49.